The first kappa shape index (κ1) is 17.6. The van der Waals surface area contributed by atoms with E-state index in [1.807, 2.05) is 0 Å². The molecule has 0 saturated heterocycles. The minimum Gasteiger partial charge on any atom is -0.466 e. The molecular formula is C14H18N2O6. The Morgan fingerprint density at radius 3 is 2.68 bits per heavy atom. The van der Waals surface area contributed by atoms with Crippen LogP contribution >= 0.6 is 0 Å². The largest absolute Gasteiger partial charge is 0.466 e. The van der Waals surface area contributed by atoms with Gasteiger partial charge in [-0.3, -0.25) is 9.59 Å². The zero-order valence-electron chi connectivity index (χ0n) is 12.0. The summed E-state index contributed by atoms with van der Waals surface area (Å²) < 4.78 is 4.70. The van der Waals surface area contributed by atoms with Crippen molar-refractivity contribution in [1.29, 1.82) is 0 Å². The van der Waals surface area contributed by atoms with Crippen LogP contribution in [0.25, 0.3) is 0 Å². The minimum absolute atomic E-state index is 0.175. The summed E-state index contributed by atoms with van der Waals surface area (Å²) in [6, 6.07) is 6.20. The summed E-state index contributed by atoms with van der Waals surface area (Å²) >= 11 is 0. The Hall–Kier alpha value is -2.45. The molecule has 0 fully saturated rings. The Labute approximate surface area is 127 Å². The number of carbonyl (C=O) groups is 2. The fraction of sp³-hybridized carbons (Fsp3) is 0.357. The molecule has 0 heterocycles. The van der Waals surface area contributed by atoms with E-state index in [2.05, 4.69) is 10.5 Å². The van der Waals surface area contributed by atoms with Gasteiger partial charge in [0.1, 0.15) is 12.3 Å². The zero-order valence-corrected chi connectivity index (χ0v) is 12.0. The number of amides is 1. The quantitative estimate of drug-likeness (QED) is 0.250. The van der Waals surface area contributed by atoms with Crippen molar-refractivity contribution in [1.82, 2.24) is 0 Å². The molecule has 0 radical (unpaired) electrons. The van der Waals surface area contributed by atoms with Crippen molar-refractivity contribution >= 4 is 23.8 Å². The predicted octanol–water partition coefficient (Wildman–Crippen LogP) is 0.433. The number of rotatable bonds is 7. The number of hydrogen-bond donors (Lipinski definition) is 4. The van der Waals surface area contributed by atoms with Gasteiger partial charge in [0.2, 0.25) is 0 Å². The molecule has 1 aromatic rings. The maximum absolute atomic E-state index is 11.4. The predicted molar refractivity (Wildman–Crippen MR) is 77.6 cm³/mol. The van der Waals surface area contributed by atoms with E-state index < -0.39 is 24.1 Å². The molecule has 4 N–H and O–H groups in total. The number of benzene rings is 1. The van der Waals surface area contributed by atoms with Crippen molar-refractivity contribution < 1.29 is 29.7 Å². The molecule has 0 spiro atoms. The average molecular weight is 310 g/mol. The van der Waals surface area contributed by atoms with E-state index in [1.54, 1.807) is 19.1 Å². The van der Waals surface area contributed by atoms with Crippen LogP contribution in [-0.4, -0.2) is 46.2 Å². The summed E-state index contributed by atoms with van der Waals surface area (Å²) in [6.07, 6.45) is -2.51. The van der Waals surface area contributed by atoms with Crippen LogP contribution in [0.5, 0.6) is 0 Å². The summed E-state index contributed by atoms with van der Waals surface area (Å²) in [6.45, 7) is 1.81. The van der Waals surface area contributed by atoms with Gasteiger partial charge in [0, 0.05) is 11.3 Å². The van der Waals surface area contributed by atoms with Crippen molar-refractivity contribution in [3.63, 3.8) is 0 Å². The summed E-state index contributed by atoms with van der Waals surface area (Å²) in [5.41, 5.74) is 0.446. The highest BCUT2D eigenvalue weighted by Gasteiger charge is 2.24. The molecule has 2 unspecified atom stereocenters. The molecule has 1 aromatic carbocycles. The highest BCUT2D eigenvalue weighted by atomic mass is 16.5. The van der Waals surface area contributed by atoms with E-state index in [4.69, 9.17) is 9.94 Å². The van der Waals surface area contributed by atoms with Gasteiger partial charge in [-0.15, -0.1) is 0 Å². The number of nitrogens with one attached hydrogen (secondary N) is 1. The molecule has 1 amide bonds. The summed E-state index contributed by atoms with van der Waals surface area (Å²) in [5, 5.41) is 33.3. The number of hydrogen-bond acceptors (Lipinski definition) is 7. The van der Waals surface area contributed by atoms with Gasteiger partial charge >= 0.3 is 5.97 Å². The molecule has 1 rings (SSSR count). The van der Waals surface area contributed by atoms with E-state index >= 15 is 0 Å². The van der Waals surface area contributed by atoms with Gasteiger partial charge in [-0.2, -0.15) is 0 Å². The molecular weight excluding hydrogens is 292 g/mol. The number of ether oxygens (including phenoxy) is 1. The Bertz CT molecular complexity index is 546. The van der Waals surface area contributed by atoms with Gasteiger partial charge in [0.05, 0.1) is 19.1 Å². The molecule has 8 heteroatoms. The third-order valence-corrected chi connectivity index (χ3v) is 2.76. The molecule has 0 bridgehead atoms. The zero-order chi connectivity index (χ0) is 16.5. The van der Waals surface area contributed by atoms with E-state index in [0.717, 1.165) is 0 Å². The van der Waals surface area contributed by atoms with Crippen LogP contribution < -0.4 is 5.32 Å². The topological polar surface area (TPSA) is 128 Å². The Balaban J connectivity index is 2.86. The second-order valence-electron chi connectivity index (χ2n) is 4.34. The normalized spacial score (nSPS) is 13.6. The molecule has 0 aliphatic heterocycles. The lowest BCUT2D eigenvalue weighted by Crippen LogP contribution is -2.24. The molecule has 2 atom stereocenters. The average Bonchev–Trinajstić information content (AvgIpc) is 2.47. The standard InChI is InChI=1S/C14H18N2O6/c1-2-22-13(19)7-11(17)14(20)9-5-3-4-6-10(9)16-12(18)8-15-21/h3-6,8,11,14,17,20-21H,2,7H2,1H3,(H,16,18). The fourth-order valence-corrected chi connectivity index (χ4v) is 1.80. The molecule has 0 saturated carbocycles. The first-order valence-corrected chi connectivity index (χ1v) is 6.58. The highest BCUT2D eigenvalue weighted by Crippen LogP contribution is 2.26. The third-order valence-electron chi connectivity index (χ3n) is 2.76. The summed E-state index contributed by atoms with van der Waals surface area (Å²) in [7, 11) is 0. The molecule has 0 aliphatic rings. The van der Waals surface area contributed by atoms with E-state index in [0.29, 0.717) is 6.21 Å². The lowest BCUT2D eigenvalue weighted by Gasteiger charge is -2.20. The SMILES string of the molecule is CCOC(=O)CC(O)C(O)c1ccccc1NC(=O)C=NO. The van der Waals surface area contributed by atoms with Crippen LogP contribution in [0.1, 0.15) is 25.0 Å². The fourth-order valence-electron chi connectivity index (χ4n) is 1.80. The lowest BCUT2D eigenvalue weighted by molar-refractivity contribution is -0.147. The van der Waals surface area contributed by atoms with Crippen molar-refractivity contribution in [3.05, 3.63) is 29.8 Å². The smallest absolute Gasteiger partial charge is 0.308 e. The Morgan fingerprint density at radius 2 is 2.05 bits per heavy atom. The van der Waals surface area contributed by atoms with Gasteiger partial charge in [0.25, 0.3) is 5.91 Å². The van der Waals surface area contributed by atoms with Gasteiger partial charge in [-0.1, -0.05) is 23.4 Å². The molecule has 0 aromatic heterocycles. The van der Waals surface area contributed by atoms with Crippen LogP contribution in [0, 0.1) is 0 Å². The molecule has 8 nitrogen and oxygen atoms in total. The van der Waals surface area contributed by atoms with Gasteiger partial charge in [0.15, 0.2) is 0 Å². The van der Waals surface area contributed by atoms with Crippen LogP contribution in [0.15, 0.2) is 29.4 Å². The van der Waals surface area contributed by atoms with Crippen molar-refractivity contribution in [2.45, 2.75) is 25.6 Å². The molecule has 0 aliphatic carbocycles. The monoisotopic (exact) mass is 310 g/mol. The first-order chi connectivity index (χ1) is 10.5. The van der Waals surface area contributed by atoms with Gasteiger partial charge < -0.3 is 25.5 Å². The van der Waals surface area contributed by atoms with Crippen molar-refractivity contribution in [3.8, 4) is 0 Å². The van der Waals surface area contributed by atoms with Crippen molar-refractivity contribution in [2.24, 2.45) is 5.16 Å². The van der Waals surface area contributed by atoms with Crippen molar-refractivity contribution in [2.75, 3.05) is 11.9 Å². The summed E-state index contributed by atoms with van der Waals surface area (Å²) in [4.78, 5) is 22.7. The number of oxime groups is 1. The Morgan fingerprint density at radius 1 is 1.36 bits per heavy atom. The second-order valence-corrected chi connectivity index (χ2v) is 4.34. The minimum atomic E-state index is -1.40. The Kier molecular flexibility index (Phi) is 7.00. The second kappa shape index (κ2) is 8.75. The third kappa shape index (κ3) is 5.15. The number of nitrogens with zero attached hydrogens (tertiary/aromatic N) is 1. The van der Waals surface area contributed by atoms with Crippen LogP contribution in [0.2, 0.25) is 0 Å². The summed E-state index contributed by atoms with van der Waals surface area (Å²) in [5.74, 6) is -1.34. The maximum Gasteiger partial charge on any atom is 0.308 e. The van der Waals surface area contributed by atoms with E-state index in [9.17, 15) is 19.8 Å². The first-order valence-electron chi connectivity index (χ1n) is 6.58. The van der Waals surface area contributed by atoms with Crippen LogP contribution in [-0.2, 0) is 14.3 Å². The number of aliphatic hydroxyl groups is 2. The van der Waals surface area contributed by atoms with E-state index in [1.165, 1.54) is 12.1 Å². The lowest BCUT2D eigenvalue weighted by atomic mass is 10.0. The molecule has 120 valence electrons. The number of anilines is 1. The van der Waals surface area contributed by atoms with Gasteiger partial charge in [-0.05, 0) is 13.0 Å². The number of carbonyl (C=O) groups excluding carboxylic acids is 2. The van der Waals surface area contributed by atoms with Gasteiger partial charge in [-0.25, -0.2) is 0 Å². The number of para-hydroxylation sites is 1. The van der Waals surface area contributed by atoms with E-state index in [-0.39, 0.29) is 24.3 Å². The van der Waals surface area contributed by atoms with Crippen LogP contribution in [0.3, 0.4) is 0 Å². The maximum atomic E-state index is 11.4. The highest BCUT2D eigenvalue weighted by molar-refractivity contribution is 6.31. The van der Waals surface area contributed by atoms with Crippen LogP contribution in [0.4, 0.5) is 5.69 Å². The molecule has 22 heavy (non-hydrogen) atoms. The number of esters is 1. The number of aliphatic hydroxyl groups excluding tert-OH is 2.